The summed E-state index contributed by atoms with van der Waals surface area (Å²) < 4.78 is 23.7. The maximum Gasteiger partial charge on any atom is 0.508 e. The van der Waals surface area contributed by atoms with Gasteiger partial charge in [-0.3, -0.25) is 4.79 Å². The summed E-state index contributed by atoms with van der Waals surface area (Å²) in [6.07, 6.45) is -0.645. The number of benzene rings is 1. The largest absolute Gasteiger partial charge is 0.508 e. The van der Waals surface area contributed by atoms with Crippen LogP contribution in [0.25, 0.3) is 11.1 Å². The molecule has 30 heavy (non-hydrogen) atoms. The summed E-state index contributed by atoms with van der Waals surface area (Å²) in [6.45, 7) is 0.614. The monoisotopic (exact) mass is 453 g/mol. The number of nitriles is 1. The lowest BCUT2D eigenvalue weighted by molar-refractivity contribution is -0.121. The van der Waals surface area contributed by atoms with E-state index in [0.29, 0.717) is 5.56 Å². The van der Waals surface area contributed by atoms with E-state index in [1.54, 1.807) is 49.5 Å². The van der Waals surface area contributed by atoms with Gasteiger partial charge in [-0.15, -0.1) is 0 Å². The predicted molar refractivity (Wildman–Crippen MR) is 109 cm³/mol. The van der Waals surface area contributed by atoms with Crippen LogP contribution in [0.2, 0.25) is 0 Å². The lowest BCUT2D eigenvalue weighted by Crippen LogP contribution is -2.44. The van der Waals surface area contributed by atoms with Gasteiger partial charge in [-0.05, 0) is 30.2 Å². The predicted octanol–water partition coefficient (Wildman–Crippen LogP) is 4.09. The molecule has 2 aromatic rings. The number of halogens is 3. The number of pyridine rings is 1. The number of amides is 1. The molecule has 0 aliphatic carbocycles. The van der Waals surface area contributed by atoms with E-state index in [1.807, 2.05) is 6.07 Å². The highest BCUT2D eigenvalue weighted by Crippen LogP contribution is 2.27. The molecule has 0 radical (unpaired) electrons. The van der Waals surface area contributed by atoms with Gasteiger partial charge in [0.1, 0.15) is 18.4 Å². The van der Waals surface area contributed by atoms with E-state index in [-0.39, 0.29) is 12.3 Å². The van der Waals surface area contributed by atoms with Gasteiger partial charge in [0, 0.05) is 11.8 Å². The third-order valence-corrected chi connectivity index (χ3v) is 4.39. The summed E-state index contributed by atoms with van der Waals surface area (Å²) in [7, 11) is 0. The zero-order chi connectivity index (χ0) is 22.1. The molecular formula is C20H18Cl2FN3O4. The molecule has 0 fully saturated rings. The van der Waals surface area contributed by atoms with Crippen LogP contribution < -0.4 is 5.32 Å². The van der Waals surface area contributed by atoms with Crippen LogP contribution in [0.15, 0.2) is 42.6 Å². The molecule has 7 nitrogen and oxygen atoms in total. The van der Waals surface area contributed by atoms with Crippen LogP contribution in [0, 0.1) is 11.3 Å². The van der Waals surface area contributed by atoms with Gasteiger partial charge in [-0.25, -0.2) is 14.2 Å². The molecule has 158 valence electrons. The Morgan fingerprint density at radius 3 is 2.37 bits per heavy atom. The van der Waals surface area contributed by atoms with Gasteiger partial charge in [0.05, 0.1) is 12.6 Å². The molecule has 0 aliphatic heterocycles. The molecule has 0 spiro atoms. The van der Waals surface area contributed by atoms with Gasteiger partial charge in [0.15, 0.2) is 10.9 Å². The minimum Gasteiger partial charge on any atom is -0.435 e. The standard InChI is InChI=1S/C20H18Cl2FN3O4/c1-2-29-20(28)30-17(16(9-23)26-19(27)18(21)22)13-5-3-12(4-6-13)14-7-8-15(10-24)25-11-14/h3-8,11,16-18H,2,9H2,1H3,(H,26,27)/t16-,17-/m1/s1. The van der Waals surface area contributed by atoms with Gasteiger partial charge in [-0.1, -0.05) is 47.5 Å². The minimum absolute atomic E-state index is 0.0638. The van der Waals surface area contributed by atoms with Crippen LogP contribution in [0.5, 0.6) is 0 Å². The van der Waals surface area contributed by atoms with Crippen molar-refractivity contribution in [3.63, 3.8) is 0 Å². The Kier molecular flexibility index (Phi) is 8.84. The molecule has 1 aromatic carbocycles. The Labute approximate surface area is 182 Å². The van der Waals surface area contributed by atoms with Crippen molar-refractivity contribution in [2.75, 3.05) is 13.3 Å². The number of nitrogens with zero attached hydrogens (tertiary/aromatic N) is 2. The number of alkyl halides is 3. The Morgan fingerprint density at radius 1 is 1.20 bits per heavy atom. The fourth-order valence-corrected chi connectivity index (χ4v) is 2.70. The summed E-state index contributed by atoms with van der Waals surface area (Å²) in [4.78, 5) is 26.3. The van der Waals surface area contributed by atoms with E-state index < -0.39 is 35.7 Å². The van der Waals surface area contributed by atoms with Crippen molar-refractivity contribution in [1.29, 1.82) is 5.26 Å². The average Bonchev–Trinajstić information content (AvgIpc) is 2.76. The third-order valence-electron chi connectivity index (χ3n) is 3.99. The Hall–Kier alpha value is -2.89. The molecule has 0 saturated carbocycles. The second-order valence-corrected chi connectivity index (χ2v) is 7.05. The number of hydrogen-bond donors (Lipinski definition) is 1. The number of hydrogen-bond acceptors (Lipinski definition) is 6. The molecule has 1 amide bonds. The van der Waals surface area contributed by atoms with E-state index in [1.165, 1.54) is 0 Å². The molecule has 2 rings (SSSR count). The molecule has 1 aromatic heterocycles. The quantitative estimate of drug-likeness (QED) is 0.476. The molecule has 2 atom stereocenters. The van der Waals surface area contributed by atoms with Crippen LogP contribution in [-0.4, -0.2) is 41.2 Å². The first-order valence-corrected chi connectivity index (χ1v) is 9.71. The van der Waals surface area contributed by atoms with E-state index in [9.17, 15) is 14.0 Å². The topological polar surface area (TPSA) is 101 Å². The first kappa shape index (κ1) is 23.4. The van der Waals surface area contributed by atoms with Crippen molar-refractivity contribution in [2.45, 2.75) is 23.9 Å². The van der Waals surface area contributed by atoms with Gasteiger partial charge in [0.25, 0.3) is 5.91 Å². The zero-order valence-corrected chi connectivity index (χ0v) is 17.4. The summed E-state index contributed by atoms with van der Waals surface area (Å²) in [5.74, 6) is -0.821. The Balaban J connectivity index is 2.30. The fourth-order valence-electron chi connectivity index (χ4n) is 2.57. The molecule has 10 heteroatoms. The summed E-state index contributed by atoms with van der Waals surface area (Å²) in [5.41, 5.74) is 2.23. The Morgan fingerprint density at radius 2 is 1.87 bits per heavy atom. The van der Waals surface area contributed by atoms with Crippen LogP contribution in [0.1, 0.15) is 24.3 Å². The second-order valence-electron chi connectivity index (χ2n) is 5.96. The number of aromatic nitrogens is 1. The zero-order valence-electron chi connectivity index (χ0n) is 15.8. The number of carbonyl (C=O) groups is 2. The smallest absolute Gasteiger partial charge is 0.435 e. The van der Waals surface area contributed by atoms with Crippen molar-refractivity contribution in [3.8, 4) is 17.2 Å². The number of ether oxygens (including phenoxy) is 2. The summed E-state index contributed by atoms with van der Waals surface area (Å²) in [5, 5.41) is 11.2. The molecule has 0 aliphatic rings. The highest BCUT2D eigenvalue weighted by molar-refractivity contribution is 6.53. The lowest BCUT2D eigenvalue weighted by Gasteiger charge is -2.26. The van der Waals surface area contributed by atoms with Gasteiger partial charge >= 0.3 is 6.16 Å². The van der Waals surface area contributed by atoms with Crippen LogP contribution in [0.3, 0.4) is 0 Å². The Bertz CT molecular complexity index is 902. The van der Waals surface area contributed by atoms with Crippen LogP contribution >= 0.6 is 23.2 Å². The number of carbonyl (C=O) groups excluding carboxylic acids is 2. The van der Waals surface area contributed by atoms with E-state index in [2.05, 4.69) is 10.3 Å². The minimum atomic E-state index is -1.41. The van der Waals surface area contributed by atoms with E-state index in [0.717, 1.165) is 11.1 Å². The van der Waals surface area contributed by atoms with Crippen molar-refractivity contribution in [1.82, 2.24) is 10.3 Å². The molecule has 1 heterocycles. The SMILES string of the molecule is CCOC(=O)O[C@H](c1ccc(-c2ccc(C#N)nc2)cc1)[C@@H](CF)NC(=O)C(Cl)Cl. The van der Waals surface area contributed by atoms with Crippen molar-refractivity contribution in [2.24, 2.45) is 0 Å². The lowest BCUT2D eigenvalue weighted by atomic mass is 9.99. The normalized spacial score (nSPS) is 12.5. The second kappa shape index (κ2) is 11.3. The molecule has 0 bridgehead atoms. The maximum absolute atomic E-state index is 13.7. The summed E-state index contributed by atoms with van der Waals surface area (Å²) >= 11 is 11.0. The van der Waals surface area contributed by atoms with Crippen molar-refractivity contribution in [3.05, 3.63) is 53.9 Å². The highest BCUT2D eigenvalue weighted by atomic mass is 35.5. The first-order chi connectivity index (χ1) is 14.4. The third kappa shape index (κ3) is 6.31. The highest BCUT2D eigenvalue weighted by Gasteiger charge is 2.30. The van der Waals surface area contributed by atoms with Gasteiger partial charge < -0.3 is 14.8 Å². The molecule has 1 N–H and O–H groups in total. The van der Waals surface area contributed by atoms with Crippen molar-refractivity contribution < 1.29 is 23.5 Å². The van der Waals surface area contributed by atoms with E-state index in [4.69, 9.17) is 37.9 Å². The maximum atomic E-state index is 13.7. The van der Waals surface area contributed by atoms with Gasteiger partial charge in [0.2, 0.25) is 0 Å². The van der Waals surface area contributed by atoms with Crippen molar-refractivity contribution >= 4 is 35.3 Å². The number of nitrogens with one attached hydrogen (secondary N) is 1. The molecular weight excluding hydrogens is 436 g/mol. The molecule has 0 unspecified atom stereocenters. The fraction of sp³-hybridized carbons (Fsp3) is 0.300. The first-order valence-electron chi connectivity index (χ1n) is 8.84. The van der Waals surface area contributed by atoms with Gasteiger partial charge in [-0.2, -0.15) is 5.26 Å². The van der Waals surface area contributed by atoms with E-state index >= 15 is 0 Å². The summed E-state index contributed by atoms with van der Waals surface area (Å²) in [6, 6.07) is 10.7. The molecule has 0 saturated heterocycles. The average molecular weight is 454 g/mol. The van der Waals surface area contributed by atoms with Crippen LogP contribution in [0.4, 0.5) is 9.18 Å². The van der Waals surface area contributed by atoms with Crippen LogP contribution in [-0.2, 0) is 14.3 Å². The number of rotatable bonds is 8.